The molecule has 184 valence electrons. The van der Waals surface area contributed by atoms with Gasteiger partial charge in [-0.2, -0.15) is 0 Å². The second-order valence-corrected chi connectivity index (χ2v) is 7.79. The number of hydrogen-bond donors (Lipinski definition) is 2. The van der Waals surface area contributed by atoms with Crippen molar-refractivity contribution in [2.24, 2.45) is 0 Å². The predicted octanol–water partition coefficient (Wildman–Crippen LogP) is 4.79. The number of amides is 1. The number of nitrogens with one attached hydrogen (secondary N) is 1. The third-order valence-corrected chi connectivity index (χ3v) is 5.38. The molecule has 12 heteroatoms. The van der Waals surface area contributed by atoms with E-state index in [0.717, 1.165) is 12.1 Å². The smallest absolute Gasteiger partial charge is 0.495 e. The van der Waals surface area contributed by atoms with Crippen LogP contribution in [-0.4, -0.2) is 48.7 Å². The number of ether oxygens (including phenoxy) is 3. The van der Waals surface area contributed by atoms with E-state index >= 15 is 0 Å². The van der Waals surface area contributed by atoms with Gasteiger partial charge in [0, 0.05) is 11.8 Å². The van der Waals surface area contributed by atoms with Crippen LogP contribution in [0.3, 0.4) is 0 Å². The number of hydrogen-bond acceptors (Lipinski definition) is 7. The number of anilines is 3. The van der Waals surface area contributed by atoms with Crippen molar-refractivity contribution in [1.29, 1.82) is 0 Å². The third kappa shape index (κ3) is 5.36. The van der Waals surface area contributed by atoms with Gasteiger partial charge in [-0.1, -0.05) is 17.7 Å². The number of aliphatic hydroxyl groups is 1. The lowest BCUT2D eigenvalue weighted by Gasteiger charge is -2.37. The Bertz CT molecular complexity index is 1220. The first-order chi connectivity index (χ1) is 16.7. The number of para-hydroxylation sites is 1. The fourth-order valence-electron chi connectivity index (χ4n) is 3.56. The number of carbonyl (C=O) groups is 1. The van der Waals surface area contributed by atoms with E-state index in [-0.39, 0.29) is 35.2 Å². The second kappa shape index (κ2) is 9.88. The minimum Gasteiger partial charge on any atom is -0.495 e. The lowest BCUT2D eigenvalue weighted by Crippen LogP contribution is -2.43. The number of aliphatic hydroxyl groups excluding tert-OH is 1. The zero-order valence-electron chi connectivity index (χ0n) is 18.2. The molecule has 2 N–H and O–H groups in total. The highest BCUT2D eigenvalue weighted by atomic mass is 35.5. The number of nitrogens with zero attached hydrogens (tertiary/aromatic N) is 2. The van der Waals surface area contributed by atoms with E-state index in [1.807, 2.05) is 0 Å². The Balaban J connectivity index is 1.63. The molecular weight excluding hydrogens is 491 g/mol. The van der Waals surface area contributed by atoms with Gasteiger partial charge in [-0.25, -0.2) is 4.98 Å². The summed E-state index contributed by atoms with van der Waals surface area (Å²) >= 11 is 6.43. The van der Waals surface area contributed by atoms with Crippen LogP contribution in [0.25, 0.3) is 0 Å². The van der Waals surface area contributed by atoms with Crippen LogP contribution < -0.4 is 24.4 Å². The van der Waals surface area contributed by atoms with Crippen molar-refractivity contribution in [3.05, 3.63) is 65.3 Å². The number of halogens is 4. The SMILES string of the molecule is COc1cnc(N2c3cccc(C(=O)Nc4ccc(OC(F)(F)F)cc4)c3OC[C@@H]2CO)c(Cl)c1. The number of benzene rings is 2. The zero-order chi connectivity index (χ0) is 25.2. The molecule has 0 unspecified atom stereocenters. The molecule has 1 aliphatic heterocycles. The van der Waals surface area contributed by atoms with Gasteiger partial charge < -0.3 is 29.5 Å². The van der Waals surface area contributed by atoms with Crippen molar-refractivity contribution in [3.63, 3.8) is 0 Å². The highest BCUT2D eigenvalue weighted by molar-refractivity contribution is 6.33. The van der Waals surface area contributed by atoms with Crippen molar-refractivity contribution < 1.29 is 37.3 Å². The number of rotatable bonds is 6. The summed E-state index contributed by atoms with van der Waals surface area (Å²) in [6, 6.07) is 10.7. The Labute approximate surface area is 202 Å². The summed E-state index contributed by atoms with van der Waals surface area (Å²) in [5.74, 6) is 0.0647. The summed E-state index contributed by atoms with van der Waals surface area (Å²) in [6.45, 7) is -0.229. The summed E-state index contributed by atoms with van der Waals surface area (Å²) in [7, 11) is 1.48. The number of pyridine rings is 1. The monoisotopic (exact) mass is 509 g/mol. The van der Waals surface area contributed by atoms with Crippen LogP contribution in [0.5, 0.6) is 17.2 Å². The highest BCUT2D eigenvalue weighted by Crippen LogP contribution is 2.43. The van der Waals surface area contributed by atoms with Crippen LogP contribution in [0, 0.1) is 0 Å². The molecule has 0 bridgehead atoms. The largest absolute Gasteiger partial charge is 0.573 e. The summed E-state index contributed by atoms with van der Waals surface area (Å²) in [5, 5.41) is 12.8. The van der Waals surface area contributed by atoms with Gasteiger partial charge in [-0.05, 0) is 36.4 Å². The average Bonchev–Trinajstić information content (AvgIpc) is 2.83. The van der Waals surface area contributed by atoms with E-state index in [0.29, 0.717) is 17.3 Å². The summed E-state index contributed by atoms with van der Waals surface area (Å²) < 4.78 is 51.9. The number of aromatic nitrogens is 1. The van der Waals surface area contributed by atoms with E-state index < -0.39 is 24.1 Å². The first kappa shape index (κ1) is 24.4. The van der Waals surface area contributed by atoms with Crippen LogP contribution in [0.1, 0.15) is 10.4 Å². The lowest BCUT2D eigenvalue weighted by molar-refractivity contribution is -0.274. The van der Waals surface area contributed by atoms with Crippen LogP contribution in [0.15, 0.2) is 54.7 Å². The topological polar surface area (TPSA) is 93.2 Å². The molecule has 2 aromatic carbocycles. The van der Waals surface area contributed by atoms with Crippen molar-refractivity contribution in [3.8, 4) is 17.2 Å². The number of fused-ring (bicyclic) bond motifs is 1. The minimum atomic E-state index is -4.81. The Morgan fingerprint density at radius 3 is 2.63 bits per heavy atom. The Morgan fingerprint density at radius 1 is 1.26 bits per heavy atom. The van der Waals surface area contributed by atoms with Gasteiger partial charge in [0.1, 0.15) is 18.1 Å². The molecule has 35 heavy (non-hydrogen) atoms. The van der Waals surface area contributed by atoms with Crippen LogP contribution >= 0.6 is 11.6 Å². The summed E-state index contributed by atoms with van der Waals surface area (Å²) in [4.78, 5) is 19.1. The number of methoxy groups -OCH3 is 1. The first-order valence-corrected chi connectivity index (χ1v) is 10.6. The minimum absolute atomic E-state index is 0.0430. The predicted molar refractivity (Wildman–Crippen MR) is 122 cm³/mol. The summed E-state index contributed by atoms with van der Waals surface area (Å²) in [6.07, 6.45) is -3.33. The van der Waals surface area contributed by atoms with E-state index in [2.05, 4.69) is 15.0 Å². The Kier molecular flexibility index (Phi) is 6.90. The van der Waals surface area contributed by atoms with Crippen molar-refractivity contribution in [2.45, 2.75) is 12.4 Å². The molecule has 0 fully saturated rings. The molecule has 0 saturated carbocycles. The fourth-order valence-corrected chi connectivity index (χ4v) is 3.80. The van der Waals surface area contributed by atoms with Gasteiger partial charge in [0.2, 0.25) is 0 Å². The maximum atomic E-state index is 13.0. The second-order valence-electron chi connectivity index (χ2n) is 7.38. The van der Waals surface area contributed by atoms with Crippen molar-refractivity contribution >= 4 is 34.7 Å². The molecule has 3 aromatic rings. The zero-order valence-corrected chi connectivity index (χ0v) is 18.9. The molecular formula is C23H19ClF3N3O5. The average molecular weight is 510 g/mol. The van der Waals surface area contributed by atoms with Crippen LogP contribution in [0.2, 0.25) is 5.02 Å². The van der Waals surface area contributed by atoms with Crippen molar-refractivity contribution in [2.75, 3.05) is 30.5 Å². The van der Waals surface area contributed by atoms with Crippen LogP contribution in [0.4, 0.5) is 30.4 Å². The first-order valence-electron chi connectivity index (χ1n) is 10.2. The molecule has 0 saturated heterocycles. The van der Waals surface area contributed by atoms with E-state index in [1.54, 1.807) is 23.1 Å². The maximum absolute atomic E-state index is 13.0. The van der Waals surface area contributed by atoms with Gasteiger partial charge in [0.05, 0.1) is 42.2 Å². The Hall–Kier alpha value is -3.70. The molecule has 2 heterocycles. The molecule has 1 aromatic heterocycles. The number of alkyl halides is 3. The van der Waals surface area contributed by atoms with Crippen LogP contribution in [-0.2, 0) is 0 Å². The molecule has 1 atom stereocenters. The third-order valence-electron chi connectivity index (χ3n) is 5.10. The van der Waals surface area contributed by atoms with E-state index in [4.69, 9.17) is 21.1 Å². The molecule has 1 aliphatic rings. The number of carbonyl (C=O) groups excluding carboxylic acids is 1. The van der Waals surface area contributed by atoms with Gasteiger partial charge in [-0.15, -0.1) is 13.2 Å². The fraction of sp³-hybridized carbons (Fsp3) is 0.217. The Morgan fingerprint density at radius 2 is 2.00 bits per heavy atom. The van der Waals surface area contributed by atoms with E-state index in [9.17, 15) is 23.1 Å². The summed E-state index contributed by atoms with van der Waals surface area (Å²) in [5.41, 5.74) is 0.878. The van der Waals surface area contributed by atoms with Gasteiger partial charge in [0.15, 0.2) is 11.6 Å². The molecule has 4 rings (SSSR count). The molecule has 1 amide bonds. The highest BCUT2D eigenvalue weighted by Gasteiger charge is 2.34. The lowest BCUT2D eigenvalue weighted by atomic mass is 10.1. The van der Waals surface area contributed by atoms with Gasteiger partial charge in [-0.3, -0.25) is 4.79 Å². The van der Waals surface area contributed by atoms with Gasteiger partial charge >= 0.3 is 6.36 Å². The molecule has 8 nitrogen and oxygen atoms in total. The maximum Gasteiger partial charge on any atom is 0.573 e. The molecule has 0 aliphatic carbocycles. The molecule has 0 spiro atoms. The molecule has 0 radical (unpaired) electrons. The van der Waals surface area contributed by atoms with Crippen molar-refractivity contribution in [1.82, 2.24) is 4.98 Å². The quantitative estimate of drug-likeness (QED) is 0.493. The normalized spacial score (nSPS) is 15.1. The standard InChI is InChI=1S/C23H19ClF3N3O5/c1-33-16-9-18(24)21(28-10-16)30-14(11-31)12-34-20-17(3-2-4-19(20)30)22(32)29-13-5-7-15(8-6-13)35-23(25,26)27/h2-10,14,31H,11-12H2,1H3,(H,29,32)/t14-/m0/s1. The van der Waals surface area contributed by atoms with Gasteiger partial charge in [0.25, 0.3) is 5.91 Å². The van der Waals surface area contributed by atoms with E-state index in [1.165, 1.54) is 31.5 Å².